The lowest BCUT2D eigenvalue weighted by molar-refractivity contribution is 0.115. The number of benzene rings is 3. The zero-order chi connectivity index (χ0) is 22.6. The molecule has 4 rings (SSSR count). The molecule has 0 spiro atoms. The second-order valence-corrected chi connectivity index (χ2v) is 8.69. The van der Waals surface area contributed by atoms with Crippen molar-refractivity contribution in [1.29, 1.82) is 0 Å². The van der Waals surface area contributed by atoms with Gasteiger partial charge in [0.15, 0.2) is 11.5 Å². The van der Waals surface area contributed by atoms with E-state index in [1.54, 1.807) is 26.4 Å². The third kappa shape index (κ3) is 6.42. The van der Waals surface area contributed by atoms with Crippen molar-refractivity contribution in [2.75, 3.05) is 33.9 Å². The summed E-state index contributed by atoms with van der Waals surface area (Å²) in [6, 6.07) is 23.6. The van der Waals surface area contributed by atoms with E-state index >= 15 is 0 Å². The smallest absolute Gasteiger partial charge is 0.160 e. The van der Waals surface area contributed by atoms with Crippen molar-refractivity contribution in [1.82, 2.24) is 10.2 Å². The lowest BCUT2D eigenvalue weighted by Crippen LogP contribution is -2.60. The average molecular weight is 507 g/mol. The van der Waals surface area contributed by atoms with E-state index < -0.39 is 0 Å². The predicted octanol–water partition coefficient (Wildman–Crippen LogP) is 5.68. The van der Waals surface area contributed by atoms with Gasteiger partial charge in [0.1, 0.15) is 5.82 Å². The Morgan fingerprint density at radius 3 is 2.21 bits per heavy atom. The molecule has 0 bridgehead atoms. The minimum Gasteiger partial charge on any atom is -0.493 e. The minimum atomic E-state index is -0.209. The summed E-state index contributed by atoms with van der Waals surface area (Å²) in [5.74, 6) is 1.27. The molecule has 1 fully saturated rings. The average Bonchev–Trinajstić information content (AvgIpc) is 2.81. The lowest BCUT2D eigenvalue weighted by atomic mass is 9.87. The number of halogens is 3. The van der Waals surface area contributed by atoms with E-state index in [4.69, 9.17) is 9.47 Å². The van der Waals surface area contributed by atoms with Crippen molar-refractivity contribution in [2.24, 2.45) is 0 Å². The summed E-state index contributed by atoms with van der Waals surface area (Å²) in [6.45, 7) is 4.92. The van der Waals surface area contributed by atoms with Gasteiger partial charge in [-0.1, -0.05) is 48.5 Å². The van der Waals surface area contributed by atoms with E-state index in [-0.39, 0.29) is 42.2 Å². The summed E-state index contributed by atoms with van der Waals surface area (Å²) in [4.78, 5) is 2.50. The van der Waals surface area contributed by atoms with Crippen LogP contribution in [0.25, 0.3) is 0 Å². The van der Waals surface area contributed by atoms with Crippen molar-refractivity contribution in [3.05, 3.63) is 95.3 Å². The maximum atomic E-state index is 13.6. The highest BCUT2D eigenvalue weighted by molar-refractivity contribution is 5.85. The molecule has 0 saturated carbocycles. The molecular formula is C27H33Cl2FN2O2. The van der Waals surface area contributed by atoms with Crippen LogP contribution in [0.1, 0.15) is 29.7 Å². The van der Waals surface area contributed by atoms with Crippen LogP contribution in [0.3, 0.4) is 0 Å². The number of rotatable bonds is 7. The monoisotopic (exact) mass is 506 g/mol. The Morgan fingerprint density at radius 1 is 0.912 bits per heavy atom. The quantitative estimate of drug-likeness (QED) is 0.446. The molecule has 3 aromatic rings. The minimum absolute atomic E-state index is 0. The predicted molar refractivity (Wildman–Crippen MR) is 140 cm³/mol. The standard InChI is InChI=1S/C27H31FN2O2.2ClH/c1-27(18-20-9-14-24(31-2)25(17-20)32-3)19-30(16-15-29-27)26(21-7-5-4-6-8-21)22-10-12-23(28)13-11-22;;/h4-14,17,26,29H,15-16,18-19H2,1-3H3;2*1H. The van der Waals surface area contributed by atoms with E-state index in [9.17, 15) is 4.39 Å². The van der Waals surface area contributed by atoms with Crippen LogP contribution in [-0.2, 0) is 6.42 Å². The number of hydrogen-bond donors (Lipinski definition) is 1. The lowest BCUT2D eigenvalue weighted by Gasteiger charge is -2.45. The second-order valence-electron chi connectivity index (χ2n) is 8.69. The molecule has 4 nitrogen and oxygen atoms in total. The van der Waals surface area contributed by atoms with Gasteiger partial charge in [-0.3, -0.25) is 4.90 Å². The van der Waals surface area contributed by atoms with Crippen LogP contribution in [0, 0.1) is 5.82 Å². The summed E-state index contributed by atoms with van der Waals surface area (Å²) >= 11 is 0. The summed E-state index contributed by atoms with van der Waals surface area (Å²) in [5, 5.41) is 3.73. The fourth-order valence-corrected chi connectivity index (χ4v) is 4.76. The summed E-state index contributed by atoms with van der Waals surface area (Å²) in [5.41, 5.74) is 3.39. The molecule has 0 aromatic heterocycles. The van der Waals surface area contributed by atoms with E-state index in [1.165, 1.54) is 11.1 Å². The molecule has 1 heterocycles. The molecule has 7 heteroatoms. The van der Waals surface area contributed by atoms with Gasteiger partial charge in [-0.25, -0.2) is 4.39 Å². The van der Waals surface area contributed by atoms with Crippen molar-refractivity contribution in [2.45, 2.75) is 24.9 Å². The Hall–Kier alpha value is -2.31. The normalized spacial score (nSPS) is 18.8. The maximum Gasteiger partial charge on any atom is 0.160 e. The van der Waals surface area contributed by atoms with Crippen molar-refractivity contribution >= 4 is 24.8 Å². The first-order valence-electron chi connectivity index (χ1n) is 11.0. The highest BCUT2D eigenvalue weighted by atomic mass is 35.5. The number of hydrogen-bond acceptors (Lipinski definition) is 4. The molecule has 0 radical (unpaired) electrons. The van der Waals surface area contributed by atoms with Crippen LogP contribution in [0.15, 0.2) is 72.8 Å². The molecule has 184 valence electrons. The topological polar surface area (TPSA) is 33.7 Å². The number of nitrogens with zero attached hydrogens (tertiary/aromatic N) is 1. The van der Waals surface area contributed by atoms with Crippen molar-refractivity contribution < 1.29 is 13.9 Å². The molecule has 0 aliphatic carbocycles. The van der Waals surface area contributed by atoms with Gasteiger partial charge in [-0.2, -0.15) is 0 Å². The molecule has 1 saturated heterocycles. The van der Waals surface area contributed by atoms with Gasteiger partial charge in [0.05, 0.1) is 20.3 Å². The Kier molecular flexibility index (Phi) is 10.2. The van der Waals surface area contributed by atoms with Crippen LogP contribution in [0.2, 0.25) is 0 Å². The van der Waals surface area contributed by atoms with Gasteiger partial charge in [0.25, 0.3) is 0 Å². The van der Waals surface area contributed by atoms with Crippen LogP contribution >= 0.6 is 24.8 Å². The fourth-order valence-electron chi connectivity index (χ4n) is 4.76. The van der Waals surface area contributed by atoms with Gasteiger partial charge in [-0.15, -0.1) is 24.8 Å². The molecule has 34 heavy (non-hydrogen) atoms. The summed E-state index contributed by atoms with van der Waals surface area (Å²) in [7, 11) is 3.32. The second kappa shape index (κ2) is 12.4. The van der Waals surface area contributed by atoms with Crippen LogP contribution in [0.5, 0.6) is 11.5 Å². The number of piperazine rings is 1. The van der Waals surface area contributed by atoms with E-state index in [0.717, 1.165) is 43.1 Å². The van der Waals surface area contributed by atoms with Crippen molar-refractivity contribution in [3.63, 3.8) is 0 Å². The summed E-state index contributed by atoms with van der Waals surface area (Å²) < 4.78 is 24.5. The zero-order valence-corrected chi connectivity index (χ0v) is 21.4. The van der Waals surface area contributed by atoms with Gasteiger partial charge < -0.3 is 14.8 Å². The zero-order valence-electron chi connectivity index (χ0n) is 19.8. The number of methoxy groups -OCH3 is 2. The van der Waals surface area contributed by atoms with Gasteiger partial charge in [-0.05, 0) is 54.3 Å². The molecular weight excluding hydrogens is 474 g/mol. The van der Waals surface area contributed by atoms with E-state index in [0.29, 0.717) is 0 Å². The van der Waals surface area contributed by atoms with Crippen LogP contribution in [-0.4, -0.2) is 44.3 Å². The first kappa shape index (κ1) is 27.9. The highest BCUT2D eigenvalue weighted by Crippen LogP contribution is 2.33. The highest BCUT2D eigenvalue weighted by Gasteiger charge is 2.35. The molecule has 2 atom stereocenters. The molecule has 1 aliphatic rings. The van der Waals surface area contributed by atoms with Crippen LogP contribution in [0.4, 0.5) is 4.39 Å². The van der Waals surface area contributed by atoms with E-state index in [2.05, 4.69) is 53.5 Å². The van der Waals surface area contributed by atoms with Gasteiger partial charge >= 0.3 is 0 Å². The first-order chi connectivity index (χ1) is 15.5. The maximum absolute atomic E-state index is 13.6. The molecule has 3 aromatic carbocycles. The Morgan fingerprint density at radius 2 is 1.56 bits per heavy atom. The SMILES string of the molecule is COc1ccc(CC2(C)CN(C(c3ccccc3)c3ccc(F)cc3)CCN2)cc1OC.Cl.Cl. The number of nitrogens with one attached hydrogen (secondary N) is 1. The van der Waals surface area contributed by atoms with Crippen molar-refractivity contribution in [3.8, 4) is 11.5 Å². The van der Waals surface area contributed by atoms with Gasteiger partial charge in [0, 0.05) is 25.2 Å². The molecule has 1 aliphatic heterocycles. The molecule has 1 N–H and O–H groups in total. The van der Waals surface area contributed by atoms with E-state index in [1.807, 2.05) is 24.3 Å². The largest absolute Gasteiger partial charge is 0.493 e. The Balaban J connectivity index is 0.00000204. The fraction of sp³-hybridized carbons (Fsp3) is 0.333. The molecule has 2 unspecified atom stereocenters. The number of ether oxygens (including phenoxy) is 2. The summed E-state index contributed by atoms with van der Waals surface area (Å²) in [6.07, 6.45) is 0.856. The van der Waals surface area contributed by atoms with Crippen LogP contribution < -0.4 is 14.8 Å². The van der Waals surface area contributed by atoms with Gasteiger partial charge in [0.2, 0.25) is 0 Å². The Bertz CT molecular complexity index is 1040. The third-order valence-electron chi connectivity index (χ3n) is 6.21. The third-order valence-corrected chi connectivity index (χ3v) is 6.21. The first-order valence-corrected chi connectivity index (χ1v) is 11.0. The Labute approximate surface area is 214 Å². The molecule has 0 amide bonds.